The molecule has 0 bridgehead atoms. The van der Waals surface area contributed by atoms with E-state index in [1.54, 1.807) is 11.8 Å². The van der Waals surface area contributed by atoms with E-state index in [1.807, 2.05) is 25.0 Å². The van der Waals surface area contributed by atoms with E-state index in [0.29, 0.717) is 4.99 Å². The maximum atomic E-state index is 12.1. The Morgan fingerprint density at radius 1 is 1.53 bits per heavy atom. The van der Waals surface area contributed by atoms with E-state index in [-0.39, 0.29) is 16.6 Å². The largest absolute Gasteiger partial charge is 0.392 e. The lowest BCUT2D eigenvalue weighted by molar-refractivity contribution is -0.136. The van der Waals surface area contributed by atoms with Crippen molar-refractivity contribution in [1.29, 1.82) is 0 Å². The number of nitrogens with two attached hydrogens (primary N) is 1. The normalized spacial score (nSPS) is 21.0. The van der Waals surface area contributed by atoms with Crippen LogP contribution < -0.4 is 5.73 Å². The molecule has 1 rings (SSSR count). The SMILES string of the molecule is CCC(C)C(=O)N1CCC(SC)(C(N)=S)CC1. The lowest BCUT2D eigenvalue weighted by atomic mass is 9.94. The number of thioether (sulfide) groups is 1. The Kier molecular flexibility index (Phi) is 5.25. The molecule has 1 heterocycles. The fourth-order valence-electron chi connectivity index (χ4n) is 2.13. The van der Waals surface area contributed by atoms with Gasteiger partial charge in [0.2, 0.25) is 5.91 Å². The molecule has 98 valence electrons. The summed E-state index contributed by atoms with van der Waals surface area (Å²) in [5.74, 6) is 0.395. The second-order valence-electron chi connectivity index (χ2n) is 4.70. The summed E-state index contributed by atoms with van der Waals surface area (Å²) in [4.78, 5) is 14.6. The van der Waals surface area contributed by atoms with E-state index >= 15 is 0 Å². The van der Waals surface area contributed by atoms with Crippen LogP contribution in [-0.2, 0) is 4.79 Å². The molecule has 1 amide bonds. The van der Waals surface area contributed by atoms with Gasteiger partial charge in [-0.05, 0) is 25.5 Å². The van der Waals surface area contributed by atoms with Crippen LogP contribution in [0.15, 0.2) is 0 Å². The molecule has 3 nitrogen and oxygen atoms in total. The van der Waals surface area contributed by atoms with Gasteiger partial charge < -0.3 is 10.6 Å². The van der Waals surface area contributed by atoms with E-state index in [0.717, 1.165) is 32.4 Å². The predicted molar refractivity (Wildman–Crippen MR) is 78.3 cm³/mol. The summed E-state index contributed by atoms with van der Waals surface area (Å²) in [6.07, 6.45) is 4.71. The number of hydrogen-bond acceptors (Lipinski definition) is 3. The van der Waals surface area contributed by atoms with Crippen molar-refractivity contribution < 1.29 is 4.79 Å². The summed E-state index contributed by atoms with van der Waals surface area (Å²) in [6.45, 7) is 5.60. The molecule has 1 aliphatic rings. The number of amides is 1. The van der Waals surface area contributed by atoms with E-state index in [4.69, 9.17) is 18.0 Å². The maximum Gasteiger partial charge on any atom is 0.225 e. The lowest BCUT2D eigenvalue weighted by Gasteiger charge is -2.40. The van der Waals surface area contributed by atoms with Gasteiger partial charge in [-0.2, -0.15) is 11.8 Å². The molecular weight excluding hydrogens is 252 g/mol. The number of carbonyl (C=O) groups is 1. The summed E-state index contributed by atoms with van der Waals surface area (Å²) in [5, 5.41) is 0. The van der Waals surface area contributed by atoms with Gasteiger partial charge in [-0.25, -0.2) is 0 Å². The molecule has 0 saturated carbocycles. The number of thiocarbonyl (C=S) groups is 1. The average molecular weight is 274 g/mol. The van der Waals surface area contributed by atoms with Crippen LogP contribution in [0.2, 0.25) is 0 Å². The minimum atomic E-state index is -0.0957. The Morgan fingerprint density at radius 3 is 2.41 bits per heavy atom. The van der Waals surface area contributed by atoms with Crippen molar-refractivity contribution in [3.8, 4) is 0 Å². The quantitative estimate of drug-likeness (QED) is 0.797. The smallest absolute Gasteiger partial charge is 0.225 e. The molecular formula is C12H22N2OS2. The molecule has 1 atom stereocenters. The lowest BCUT2D eigenvalue weighted by Crippen LogP contribution is -2.51. The number of carbonyl (C=O) groups excluding carboxylic acids is 1. The van der Waals surface area contributed by atoms with Gasteiger partial charge in [0, 0.05) is 19.0 Å². The summed E-state index contributed by atoms with van der Waals surface area (Å²) in [7, 11) is 0. The molecule has 1 unspecified atom stereocenters. The standard InChI is InChI=1S/C12H22N2OS2/c1-4-9(2)10(15)14-7-5-12(17-3,6-8-14)11(13)16/h9H,4-8H2,1-3H3,(H2,13,16). The zero-order valence-electron chi connectivity index (χ0n) is 10.9. The minimum Gasteiger partial charge on any atom is -0.392 e. The van der Waals surface area contributed by atoms with Gasteiger partial charge in [-0.15, -0.1) is 0 Å². The highest BCUT2D eigenvalue weighted by atomic mass is 32.2. The van der Waals surface area contributed by atoms with E-state index in [2.05, 4.69) is 0 Å². The van der Waals surface area contributed by atoms with Gasteiger partial charge in [0.15, 0.2) is 0 Å². The fourth-order valence-corrected chi connectivity index (χ4v) is 3.37. The van der Waals surface area contributed by atoms with Crippen LogP contribution in [0.4, 0.5) is 0 Å². The molecule has 1 saturated heterocycles. The molecule has 0 spiro atoms. The van der Waals surface area contributed by atoms with Crippen LogP contribution >= 0.6 is 24.0 Å². The first kappa shape index (κ1) is 14.8. The van der Waals surface area contributed by atoms with Crippen LogP contribution in [-0.4, -0.2) is 39.9 Å². The molecule has 1 fully saturated rings. The Labute approximate surface area is 113 Å². The summed E-state index contributed by atoms with van der Waals surface area (Å²) in [6, 6.07) is 0. The first-order valence-electron chi connectivity index (χ1n) is 6.10. The molecule has 0 aromatic rings. The van der Waals surface area contributed by atoms with Crippen molar-refractivity contribution in [3.05, 3.63) is 0 Å². The fraction of sp³-hybridized carbons (Fsp3) is 0.833. The van der Waals surface area contributed by atoms with Crippen molar-refractivity contribution in [2.75, 3.05) is 19.3 Å². The summed E-state index contributed by atoms with van der Waals surface area (Å²) in [5.41, 5.74) is 5.83. The Bertz CT molecular complexity index is 299. The third-order valence-electron chi connectivity index (χ3n) is 3.76. The third kappa shape index (κ3) is 3.13. The topological polar surface area (TPSA) is 46.3 Å². The van der Waals surface area contributed by atoms with Gasteiger partial charge in [-0.1, -0.05) is 26.1 Å². The number of rotatable bonds is 4. The van der Waals surface area contributed by atoms with Crippen molar-refractivity contribution >= 4 is 34.9 Å². The average Bonchev–Trinajstić information content (AvgIpc) is 2.36. The Hall–Kier alpha value is -0.290. The first-order chi connectivity index (χ1) is 7.96. The van der Waals surface area contributed by atoms with Gasteiger partial charge in [0.25, 0.3) is 0 Å². The number of piperidine rings is 1. The molecule has 2 N–H and O–H groups in total. The van der Waals surface area contributed by atoms with Crippen molar-refractivity contribution in [3.63, 3.8) is 0 Å². The molecule has 0 aromatic heterocycles. The second-order valence-corrected chi connectivity index (χ2v) is 6.33. The van der Waals surface area contributed by atoms with E-state index in [9.17, 15) is 4.79 Å². The molecule has 5 heteroatoms. The number of likely N-dealkylation sites (tertiary alicyclic amines) is 1. The van der Waals surface area contributed by atoms with Crippen molar-refractivity contribution in [1.82, 2.24) is 4.90 Å². The molecule has 0 aromatic carbocycles. The number of hydrogen-bond donors (Lipinski definition) is 1. The van der Waals surface area contributed by atoms with Crippen LogP contribution in [0.3, 0.4) is 0 Å². The number of nitrogens with zero attached hydrogens (tertiary/aromatic N) is 1. The van der Waals surface area contributed by atoms with Crippen molar-refractivity contribution in [2.45, 2.75) is 37.9 Å². The molecule has 1 aliphatic heterocycles. The van der Waals surface area contributed by atoms with Crippen molar-refractivity contribution in [2.24, 2.45) is 11.7 Å². The Balaban J connectivity index is 2.61. The van der Waals surface area contributed by atoms with Gasteiger partial charge >= 0.3 is 0 Å². The van der Waals surface area contributed by atoms with E-state index < -0.39 is 0 Å². The zero-order chi connectivity index (χ0) is 13.1. The van der Waals surface area contributed by atoms with Crippen LogP contribution in [0.25, 0.3) is 0 Å². The monoisotopic (exact) mass is 274 g/mol. The van der Waals surface area contributed by atoms with Gasteiger partial charge in [-0.3, -0.25) is 4.79 Å². The third-order valence-corrected chi connectivity index (χ3v) is 5.69. The zero-order valence-corrected chi connectivity index (χ0v) is 12.5. The molecule has 0 radical (unpaired) electrons. The first-order valence-corrected chi connectivity index (χ1v) is 7.74. The van der Waals surface area contributed by atoms with Gasteiger partial charge in [0.1, 0.15) is 0 Å². The molecule has 17 heavy (non-hydrogen) atoms. The Morgan fingerprint density at radius 2 is 2.06 bits per heavy atom. The van der Waals surface area contributed by atoms with E-state index in [1.165, 1.54) is 0 Å². The highest BCUT2D eigenvalue weighted by molar-refractivity contribution is 8.02. The predicted octanol–water partition coefficient (Wildman–Crippen LogP) is 2.04. The summed E-state index contributed by atoms with van der Waals surface area (Å²) >= 11 is 6.88. The second kappa shape index (κ2) is 6.05. The molecule has 0 aliphatic carbocycles. The van der Waals surface area contributed by atoms with Crippen LogP contribution in [0.1, 0.15) is 33.1 Å². The minimum absolute atomic E-state index is 0.0957. The maximum absolute atomic E-state index is 12.1. The van der Waals surface area contributed by atoms with Crippen LogP contribution in [0, 0.1) is 5.92 Å². The summed E-state index contributed by atoms with van der Waals surface area (Å²) < 4.78 is -0.0957. The highest BCUT2D eigenvalue weighted by Gasteiger charge is 2.38. The van der Waals surface area contributed by atoms with Gasteiger partial charge in [0.05, 0.1) is 9.74 Å². The highest BCUT2D eigenvalue weighted by Crippen LogP contribution is 2.35. The van der Waals surface area contributed by atoms with Crippen LogP contribution in [0.5, 0.6) is 0 Å².